The largest absolute Gasteiger partial charge is 0.357 e. The van der Waals surface area contributed by atoms with Crippen LogP contribution in [-0.2, 0) is 0 Å². The molecular weight excluding hydrogens is 268 g/mol. The summed E-state index contributed by atoms with van der Waals surface area (Å²) >= 11 is 3.45. The highest BCUT2D eigenvalue weighted by atomic mass is 79.9. The second-order valence-electron chi connectivity index (χ2n) is 3.73. The summed E-state index contributed by atoms with van der Waals surface area (Å²) in [4.78, 5) is 12.9. The summed E-state index contributed by atoms with van der Waals surface area (Å²) in [5.74, 6) is 1.76. The molecule has 5 heteroatoms. The predicted octanol–water partition coefficient (Wildman–Crippen LogP) is 2.15. The van der Waals surface area contributed by atoms with Crippen molar-refractivity contribution in [2.75, 3.05) is 42.3 Å². The Morgan fingerprint density at radius 2 is 2.12 bits per heavy atom. The molecule has 16 heavy (non-hydrogen) atoms. The van der Waals surface area contributed by atoms with Crippen molar-refractivity contribution in [3.63, 3.8) is 0 Å². The van der Waals surface area contributed by atoms with Gasteiger partial charge in [-0.15, -0.1) is 0 Å². The zero-order valence-corrected chi connectivity index (χ0v) is 11.7. The van der Waals surface area contributed by atoms with Crippen LogP contribution in [0.2, 0.25) is 0 Å². The molecule has 1 heterocycles. The third kappa shape index (κ3) is 3.63. The van der Waals surface area contributed by atoms with Gasteiger partial charge in [-0.2, -0.15) is 4.98 Å². The first kappa shape index (κ1) is 13.2. The monoisotopic (exact) mass is 286 g/mol. The van der Waals surface area contributed by atoms with Gasteiger partial charge in [-0.05, 0) is 19.4 Å². The quantitative estimate of drug-likeness (QED) is 0.750. The number of anilines is 2. The first-order valence-electron chi connectivity index (χ1n) is 5.50. The molecule has 1 rings (SSSR count). The maximum atomic E-state index is 4.52. The molecule has 0 saturated carbocycles. The Balaban J connectivity index is 2.79. The molecule has 4 nitrogen and oxygen atoms in total. The minimum atomic E-state index is 0.759. The van der Waals surface area contributed by atoms with Gasteiger partial charge in [0.25, 0.3) is 0 Å². The normalized spacial score (nSPS) is 10.2. The number of nitrogens with zero attached hydrogens (tertiary/aromatic N) is 4. The average molecular weight is 287 g/mol. The smallest absolute Gasteiger partial charge is 0.226 e. The highest BCUT2D eigenvalue weighted by Gasteiger charge is 2.07. The van der Waals surface area contributed by atoms with E-state index in [-0.39, 0.29) is 0 Å². The van der Waals surface area contributed by atoms with Gasteiger partial charge in [0.1, 0.15) is 5.82 Å². The van der Waals surface area contributed by atoms with E-state index in [0.717, 1.165) is 36.6 Å². The van der Waals surface area contributed by atoms with Crippen molar-refractivity contribution in [3.8, 4) is 0 Å². The van der Waals surface area contributed by atoms with E-state index < -0.39 is 0 Å². The molecule has 90 valence electrons. The van der Waals surface area contributed by atoms with Crippen LogP contribution in [0.25, 0.3) is 0 Å². The Hall–Kier alpha value is -0.840. The van der Waals surface area contributed by atoms with Crippen LogP contribution >= 0.6 is 15.9 Å². The van der Waals surface area contributed by atoms with Gasteiger partial charge in [0.05, 0.1) is 0 Å². The minimum absolute atomic E-state index is 0.759. The summed E-state index contributed by atoms with van der Waals surface area (Å²) < 4.78 is 0. The topological polar surface area (TPSA) is 32.3 Å². The van der Waals surface area contributed by atoms with Crippen molar-refractivity contribution in [2.24, 2.45) is 0 Å². The van der Waals surface area contributed by atoms with Gasteiger partial charge in [-0.3, -0.25) is 0 Å². The average Bonchev–Trinajstić information content (AvgIpc) is 2.30. The number of hydrogen-bond acceptors (Lipinski definition) is 4. The van der Waals surface area contributed by atoms with Crippen LogP contribution in [0.1, 0.15) is 13.3 Å². The fourth-order valence-electron chi connectivity index (χ4n) is 1.42. The Labute approximate surface area is 106 Å². The van der Waals surface area contributed by atoms with Crippen LogP contribution in [0, 0.1) is 0 Å². The molecule has 0 aromatic carbocycles. The summed E-state index contributed by atoms with van der Waals surface area (Å²) in [7, 11) is 3.90. The molecule has 0 amide bonds. The van der Waals surface area contributed by atoms with Crippen LogP contribution in [0.5, 0.6) is 0 Å². The van der Waals surface area contributed by atoms with E-state index >= 15 is 0 Å². The molecule has 0 bridgehead atoms. The third-order valence-electron chi connectivity index (χ3n) is 2.30. The van der Waals surface area contributed by atoms with Gasteiger partial charge < -0.3 is 9.80 Å². The van der Waals surface area contributed by atoms with Gasteiger partial charge >= 0.3 is 0 Å². The minimum Gasteiger partial charge on any atom is -0.357 e. The highest BCUT2D eigenvalue weighted by molar-refractivity contribution is 9.09. The number of alkyl halides is 1. The first-order valence-corrected chi connectivity index (χ1v) is 6.62. The maximum Gasteiger partial charge on any atom is 0.226 e. The third-order valence-corrected chi connectivity index (χ3v) is 2.86. The summed E-state index contributed by atoms with van der Waals surface area (Å²) in [6.07, 6.45) is 2.93. The molecule has 0 N–H and O–H groups in total. The predicted molar refractivity (Wildman–Crippen MR) is 72.7 cm³/mol. The number of rotatable bonds is 6. The fraction of sp³-hybridized carbons (Fsp3) is 0.636. The first-order chi connectivity index (χ1) is 7.69. The standard InChI is InChI=1S/C11H19BrN4/c1-4-16(9-5-7-12)10-6-8-13-11(14-10)15(2)3/h6,8H,4-5,7,9H2,1-3H3. The molecule has 1 aromatic rings. The number of hydrogen-bond donors (Lipinski definition) is 0. The number of halogens is 1. The molecule has 0 atom stereocenters. The lowest BCUT2D eigenvalue weighted by atomic mass is 10.4. The molecule has 0 spiro atoms. The van der Waals surface area contributed by atoms with E-state index in [4.69, 9.17) is 0 Å². The second kappa shape index (κ2) is 6.68. The van der Waals surface area contributed by atoms with E-state index in [2.05, 4.69) is 37.7 Å². The molecule has 0 saturated heterocycles. The van der Waals surface area contributed by atoms with E-state index in [1.165, 1.54) is 0 Å². The molecule has 0 aliphatic heterocycles. The van der Waals surface area contributed by atoms with Gasteiger partial charge in [-0.1, -0.05) is 15.9 Å². The van der Waals surface area contributed by atoms with Crippen molar-refractivity contribution in [2.45, 2.75) is 13.3 Å². The Morgan fingerprint density at radius 3 is 2.69 bits per heavy atom. The van der Waals surface area contributed by atoms with Gasteiger partial charge in [0.15, 0.2) is 0 Å². The second-order valence-corrected chi connectivity index (χ2v) is 4.52. The van der Waals surface area contributed by atoms with Crippen molar-refractivity contribution < 1.29 is 0 Å². The Bertz CT molecular complexity index is 317. The van der Waals surface area contributed by atoms with E-state index in [1.54, 1.807) is 0 Å². The van der Waals surface area contributed by atoms with Crippen molar-refractivity contribution in [1.82, 2.24) is 9.97 Å². The van der Waals surface area contributed by atoms with Crippen LogP contribution in [0.4, 0.5) is 11.8 Å². The molecule has 0 radical (unpaired) electrons. The van der Waals surface area contributed by atoms with Crippen molar-refractivity contribution >= 4 is 27.7 Å². The fourth-order valence-corrected chi connectivity index (χ4v) is 1.67. The van der Waals surface area contributed by atoms with E-state index in [9.17, 15) is 0 Å². The zero-order valence-electron chi connectivity index (χ0n) is 10.1. The van der Waals surface area contributed by atoms with Gasteiger partial charge in [0, 0.05) is 38.7 Å². The van der Waals surface area contributed by atoms with E-state index in [0.29, 0.717) is 0 Å². The SMILES string of the molecule is CCN(CCCBr)c1ccnc(N(C)C)n1. The molecule has 0 aliphatic rings. The lowest BCUT2D eigenvalue weighted by Gasteiger charge is -2.22. The summed E-state index contributed by atoms with van der Waals surface area (Å²) in [5.41, 5.74) is 0. The van der Waals surface area contributed by atoms with Crippen LogP contribution in [0.3, 0.4) is 0 Å². The van der Waals surface area contributed by atoms with Crippen molar-refractivity contribution in [1.29, 1.82) is 0 Å². The summed E-state index contributed by atoms with van der Waals surface area (Å²) in [6.45, 7) is 4.13. The van der Waals surface area contributed by atoms with Crippen LogP contribution < -0.4 is 9.80 Å². The summed E-state index contributed by atoms with van der Waals surface area (Å²) in [6, 6.07) is 1.96. The molecular formula is C11H19BrN4. The zero-order chi connectivity index (χ0) is 12.0. The molecule has 0 fully saturated rings. The molecule has 0 aliphatic carbocycles. The number of aromatic nitrogens is 2. The lowest BCUT2D eigenvalue weighted by molar-refractivity contribution is 0.781. The molecule has 1 aromatic heterocycles. The van der Waals surface area contributed by atoms with Crippen LogP contribution in [-0.4, -0.2) is 42.5 Å². The molecule has 0 unspecified atom stereocenters. The van der Waals surface area contributed by atoms with Crippen molar-refractivity contribution in [3.05, 3.63) is 12.3 Å². The van der Waals surface area contributed by atoms with Gasteiger partial charge in [0.2, 0.25) is 5.95 Å². The van der Waals surface area contributed by atoms with E-state index in [1.807, 2.05) is 31.3 Å². The lowest BCUT2D eigenvalue weighted by Crippen LogP contribution is -2.26. The Kier molecular flexibility index (Phi) is 5.52. The summed E-state index contributed by atoms with van der Waals surface area (Å²) in [5, 5.41) is 1.02. The highest BCUT2D eigenvalue weighted by Crippen LogP contribution is 2.13. The Morgan fingerprint density at radius 1 is 1.38 bits per heavy atom. The van der Waals surface area contributed by atoms with Gasteiger partial charge in [-0.25, -0.2) is 4.98 Å². The van der Waals surface area contributed by atoms with Crippen LogP contribution in [0.15, 0.2) is 12.3 Å². The maximum absolute atomic E-state index is 4.52.